The van der Waals surface area contributed by atoms with Crippen molar-refractivity contribution in [3.63, 3.8) is 0 Å². The van der Waals surface area contributed by atoms with E-state index in [4.69, 9.17) is 4.74 Å². The molecule has 5 rings (SSSR count). The van der Waals surface area contributed by atoms with Crippen LogP contribution in [-0.4, -0.2) is 59.9 Å². The van der Waals surface area contributed by atoms with Crippen molar-refractivity contribution in [1.82, 2.24) is 10.2 Å². The van der Waals surface area contributed by atoms with E-state index in [1.54, 1.807) is 12.1 Å². The van der Waals surface area contributed by atoms with Gasteiger partial charge in [0.25, 0.3) is 0 Å². The molecule has 1 aromatic carbocycles. The van der Waals surface area contributed by atoms with Gasteiger partial charge < -0.3 is 15.0 Å². The second-order valence-corrected chi connectivity index (χ2v) is 9.70. The minimum atomic E-state index is -0.460. The van der Waals surface area contributed by atoms with Gasteiger partial charge >= 0.3 is 0 Å². The van der Waals surface area contributed by atoms with Gasteiger partial charge in [-0.1, -0.05) is 24.3 Å². The van der Waals surface area contributed by atoms with Gasteiger partial charge in [0.05, 0.1) is 0 Å². The zero-order valence-corrected chi connectivity index (χ0v) is 17.8. The third-order valence-corrected chi connectivity index (χ3v) is 8.11. The van der Waals surface area contributed by atoms with Crippen molar-refractivity contribution >= 4 is 35.0 Å². The number of nitrogens with zero attached hydrogens (tertiary/aromatic N) is 1. The Morgan fingerprint density at radius 1 is 1.10 bits per heavy atom. The number of carbonyl (C=O) groups excluding carboxylic acids is 3. The lowest BCUT2D eigenvalue weighted by atomic mass is 9.89. The number of nitrogens with one attached hydrogen (secondary N) is 1. The molecule has 1 N–H and O–H groups in total. The Balaban J connectivity index is 1.28. The zero-order chi connectivity index (χ0) is 20.7. The lowest BCUT2D eigenvalue weighted by Gasteiger charge is -2.45. The largest absolute Gasteiger partial charge is 0.484 e. The van der Waals surface area contributed by atoms with E-state index < -0.39 is 11.6 Å². The van der Waals surface area contributed by atoms with E-state index >= 15 is 0 Å². The third kappa shape index (κ3) is 3.48. The van der Waals surface area contributed by atoms with Gasteiger partial charge in [0.15, 0.2) is 0 Å². The minimum absolute atomic E-state index is 0.254. The van der Waals surface area contributed by atoms with E-state index in [-0.39, 0.29) is 11.5 Å². The lowest BCUT2D eigenvalue weighted by Crippen LogP contribution is -2.51. The first kappa shape index (κ1) is 19.8. The van der Waals surface area contributed by atoms with Crippen LogP contribution < -0.4 is 5.32 Å². The highest BCUT2D eigenvalue weighted by atomic mass is 32.2. The molecule has 0 aromatic heterocycles. The molecule has 1 aliphatic carbocycles. The normalized spacial score (nSPS) is 23.8. The second kappa shape index (κ2) is 7.85. The van der Waals surface area contributed by atoms with Crippen molar-refractivity contribution in [1.29, 1.82) is 0 Å². The van der Waals surface area contributed by atoms with Crippen molar-refractivity contribution in [3.05, 3.63) is 40.3 Å². The second-order valence-electron chi connectivity index (χ2n) is 8.71. The number of thioether (sulfide) groups is 1. The number of piperidine rings is 2. The van der Waals surface area contributed by atoms with Crippen molar-refractivity contribution in [2.75, 3.05) is 31.9 Å². The van der Waals surface area contributed by atoms with Gasteiger partial charge in [-0.2, -0.15) is 0 Å². The monoisotopic (exact) mass is 426 g/mol. The highest BCUT2D eigenvalue weighted by Crippen LogP contribution is 2.47. The molecule has 0 bridgehead atoms. The average Bonchev–Trinajstić information content (AvgIpc) is 2.78. The number of carbonyl (C=O) groups is 3. The van der Waals surface area contributed by atoms with Crippen molar-refractivity contribution < 1.29 is 19.1 Å². The molecule has 0 saturated carbocycles. The van der Waals surface area contributed by atoms with Gasteiger partial charge in [-0.3, -0.25) is 14.4 Å². The maximum Gasteiger partial charge on any atom is 0.243 e. The van der Waals surface area contributed by atoms with Crippen molar-refractivity contribution in [2.24, 2.45) is 5.92 Å². The number of likely N-dealkylation sites (tertiary alicyclic amines) is 1. The first-order chi connectivity index (χ1) is 14.6. The van der Waals surface area contributed by atoms with Gasteiger partial charge in [-0.15, -0.1) is 11.8 Å². The predicted octanol–water partition coefficient (Wildman–Crippen LogP) is 2.63. The summed E-state index contributed by atoms with van der Waals surface area (Å²) in [6.45, 7) is 3.38. The van der Waals surface area contributed by atoms with Crippen LogP contribution in [0.1, 0.15) is 48.0 Å². The van der Waals surface area contributed by atoms with Crippen molar-refractivity contribution in [3.8, 4) is 0 Å². The molecule has 30 heavy (non-hydrogen) atoms. The Labute approximate surface area is 180 Å². The van der Waals surface area contributed by atoms with E-state index in [1.807, 2.05) is 17.0 Å². The van der Waals surface area contributed by atoms with Crippen LogP contribution in [0.5, 0.6) is 0 Å². The molecule has 4 aliphatic rings. The Bertz CT molecular complexity index is 927. The fourth-order valence-corrected chi connectivity index (χ4v) is 6.15. The number of ether oxygens (including phenoxy) is 1. The molecule has 3 heterocycles. The molecular weight excluding hydrogens is 400 g/mol. The number of benzene rings is 1. The summed E-state index contributed by atoms with van der Waals surface area (Å²) in [4.78, 5) is 40.2. The summed E-state index contributed by atoms with van der Waals surface area (Å²) in [5, 5.41) is 3.35. The third-order valence-electron chi connectivity index (χ3n) is 6.78. The fourth-order valence-electron chi connectivity index (χ4n) is 4.88. The number of rotatable bonds is 2. The van der Waals surface area contributed by atoms with E-state index in [9.17, 15) is 14.4 Å². The molecule has 3 aliphatic heterocycles. The lowest BCUT2D eigenvalue weighted by molar-refractivity contribution is -0.136. The van der Waals surface area contributed by atoms with Gasteiger partial charge in [0.1, 0.15) is 16.3 Å². The molecular formula is C23H26N2O4S. The molecule has 158 valence electrons. The highest BCUT2D eigenvalue weighted by molar-refractivity contribution is 8.04. The van der Waals surface area contributed by atoms with Gasteiger partial charge in [0, 0.05) is 49.2 Å². The number of ketones is 2. The summed E-state index contributed by atoms with van der Waals surface area (Å²) in [6, 6.07) is 7.18. The number of hydrogen-bond donors (Lipinski definition) is 1. The van der Waals surface area contributed by atoms with Crippen LogP contribution in [-0.2, 0) is 14.3 Å². The predicted molar refractivity (Wildman–Crippen MR) is 115 cm³/mol. The summed E-state index contributed by atoms with van der Waals surface area (Å²) in [5.74, 6) is 1.03. The maximum atomic E-state index is 12.8. The Morgan fingerprint density at radius 3 is 2.53 bits per heavy atom. The smallest absolute Gasteiger partial charge is 0.243 e. The summed E-state index contributed by atoms with van der Waals surface area (Å²) < 4.78 is 6.48. The molecule has 0 unspecified atom stereocenters. The topological polar surface area (TPSA) is 75.7 Å². The molecule has 2 saturated heterocycles. The first-order valence-corrected chi connectivity index (χ1v) is 11.8. The molecule has 7 heteroatoms. The minimum Gasteiger partial charge on any atom is -0.484 e. The number of allylic oxidation sites excluding steroid dienone is 1. The van der Waals surface area contributed by atoms with Crippen LogP contribution >= 0.6 is 11.8 Å². The number of Topliss-reactive ketones (excluding diaryl/α,β-unsaturated/α-hetero) is 2. The molecule has 0 atom stereocenters. The Morgan fingerprint density at radius 2 is 1.80 bits per heavy atom. The van der Waals surface area contributed by atoms with E-state index in [1.165, 1.54) is 11.8 Å². The number of amides is 1. The maximum absolute atomic E-state index is 12.8. The van der Waals surface area contributed by atoms with Crippen LogP contribution in [0.2, 0.25) is 0 Å². The average molecular weight is 427 g/mol. The van der Waals surface area contributed by atoms with Crippen molar-refractivity contribution in [2.45, 2.75) is 37.7 Å². The Kier molecular flexibility index (Phi) is 5.19. The van der Waals surface area contributed by atoms with Crippen LogP contribution in [0.4, 0.5) is 0 Å². The van der Waals surface area contributed by atoms with Crippen LogP contribution in [0, 0.1) is 5.92 Å². The van der Waals surface area contributed by atoms with Crippen LogP contribution in [0.15, 0.2) is 29.2 Å². The standard InChI is InChI=1S/C23H26N2O4S/c26-18(13-15-5-9-24-10-6-15)25-11-7-23(8-12-25)14-30-22-20(28)19(27)16-3-1-2-4-17(16)21(22)29-23/h1-4,15,24H,5-14H2. The first-order valence-electron chi connectivity index (χ1n) is 10.8. The summed E-state index contributed by atoms with van der Waals surface area (Å²) in [6.07, 6.45) is 4.29. The van der Waals surface area contributed by atoms with E-state index in [0.29, 0.717) is 53.0 Å². The van der Waals surface area contributed by atoms with Crippen LogP contribution in [0.25, 0.3) is 5.76 Å². The molecule has 1 amide bonds. The van der Waals surface area contributed by atoms with E-state index in [0.717, 1.165) is 38.8 Å². The summed E-state index contributed by atoms with van der Waals surface area (Å²) >= 11 is 1.44. The molecule has 6 nitrogen and oxygen atoms in total. The van der Waals surface area contributed by atoms with E-state index in [2.05, 4.69) is 5.32 Å². The SMILES string of the molecule is O=C1C(=O)c2ccccc2C2=C1SCC1(CCN(C(=O)CC3CCNCC3)CC1)O2. The summed E-state index contributed by atoms with van der Waals surface area (Å²) in [5.41, 5.74) is 0.754. The van der Waals surface area contributed by atoms with Crippen LogP contribution in [0.3, 0.4) is 0 Å². The van der Waals surface area contributed by atoms with Gasteiger partial charge in [-0.05, 0) is 31.8 Å². The molecule has 2 fully saturated rings. The van der Waals surface area contributed by atoms with Gasteiger partial charge in [0.2, 0.25) is 17.5 Å². The quantitative estimate of drug-likeness (QED) is 0.733. The molecule has 0 radical (unpaired) electrons. The number of fused-ring (bicyclic) bond motifs is 2. The summed E-state index contributed by atoms with van der Waals surface area (Å²) in [7, 11) is 0. The highest BCUT2D eigenvalue weighted by Gasteiger charge is 2.46. The molecule has 1 spiro atoms. The van der Waals surface area contributed by atoms with Gasteiger partial charge in [-0.25, -0.2) is 0 Å². The fraction of sp³-hybridized carbons (Fsp3) is 0.522. The molecule has 1 aromatic rings. The Hall–Kier alpha value is -2.12. The number of hydrogen-bond acceptors (Lipinski definition) is 6. The zero-order valence-electron chi connectivity index (χ0n) is 16.9.